The lowest BCUT2D eigenvalue weighted by Gasteiger charge is -2.05. The minimum atomic E-state index is 0.445. The standard InChI is InChI=1S/C9H9BrN2S/c1-6(2)13-9-7(4-11)3-8(10)5-12-9/h3,5-6H,1-2H3. The Morgan fingerprint density at radius 3 is 2.85 bits per heavy atom. The third kappa shape index (κ3) is 3.02. The molecular formula is C9H9BrN2S. The van der Waals surface area contributed by atoms with Crippen LogP contribution in [0, 0.1) is 11.3 Å². The topological polar surface area (TPSA) is 36.7 Å². The zero-order chi connectivity index (χ0) is 9.84. The number of rotatable bonds is 2. The van der Waals surface area contributed by atoms with Gasteiger partial charge in [0.25, 0.3) is 0 Å². The molecular weight excluding hydrogens is 248 g/mol. The van der Waals surface area contributed by atoms with E-state index in [1.54, 1.807) is 24.0 Å². The highest BCUT2D eigenvalue weighted by Gasteiger charge is 2.06. The predicted molar refractivity (Wildman–Crippen MR) is 57.6 cm³/mol. The van der Waals surface area contributed by atoms with E-state index >= 15 is 0 Å². The summed E-state index contributed by atoms with van der Waals surface area (Å²) in [5, 5.41) is 10.1. The maximum atomic E-state index is 8.83. The fourth-order valence-electron chi connectivity index (χ4n) is 0.824. The molecule has 13 heavy (non-hydrogen) atoms. The Hall–Kier alpha value is -0.530. The van der Waals surface area contributed by atoms with Crippen molar-refractivity contribution in [2.24, 2.45) is 0 Å². The first-order valence-electron chi connectivity index (χ1n) is 3.85. The Bertz CT molecular complexity index is 344. The summed E-state index contributed by atoms with van der Waals surface area (Å²) in [7, 11) is 0. The first kappa shape index (κ1) is 10.6. The van der Waals surface area contributed by atoms with Crippen LogP contribution in [-0.2, 0) is 0 Å². The number of hydrogen-bond acceptors (Lipinski definition) is 3. The van der Waals surface area contributed by atoms with Crippen LogP contribution in [-0.4, -0.2) is 10.2 Å². The average molecular weight is 257 g/mol. The summed E-state index contributed by atoms with van der Waals surface area (Å²) >= 11 is 4.88. The van der Waals surface area contributed by atoms with E-state index in [4.69, 9.17) is 5.26 Å². The minimum absolute atomic E-state index is 0.445. The molecule has 0 aliphatic rings. The first-order valence-corrected chi connectivity index (χ1v) is 5.53. The van der Waals surface area contributed by atoms with Gasteiger partial charge in [0.1, 0.15) is 11.1 Å². The second kappa shape index (κ2) is 4.64. The molecule has 0 aromatic carbocycles. The fraction of sp³-hybridized carbons (Fsp3) is 0.333. The average Bonchev–Trinajstić information content (AvgIpc) is 2.07. The Morgan fingerprint density at radius 2 is 2.31 bits per heavy atom. The Balaban J connectivity index is 3.01. The van der Waals surface area contributed by atoms with Crippen molar-refractivity contribution in [3.05, 3.63) is 22.3 Å². The minimum Gasteiger partial charge on any atom is -0.247 e. The van der Waals surface area contributed by atoms with Gasteiger partial charge in [-0.15, -0.1) is 11.8 Å². The van der Waals surface area contributed by atoms with E-state index in [1.165, 1.54) is 0 Å². The zero-order valence-electron chi connectivity index (χ0n) is 7.41. The van der Waals surface area contributed by atoms with Crippen LogP contribution < -0.4 is 0 Å². The number of thioether (sulfide) groups is 1. The van der Waals surface area contributed by atoms with Crippen LogP contribution in [0.2, 0.25) is 0 Å². The molecule has 0 aliphatic carbocycles. The lowest BCUT2D eigenvalue weighted by atomic mass is 10.3. The summed E-state index contributed by atoms with van der Waals surface area (Å²) in [6.07, 6.45) is 1.71. The lowest BCUT2D eigenvalue weighted by molar-refractivity contribution is 1.06. The van der Waals surface area contributed by atoms with Crippen molar-refractivity contribution >= 4 is 27.7 Å². The highest BCUT2D eigenvalue weighted by Crippen LogP contribution is 2.25. The molecule has 0 fully saturated rings. The maximum Gasteiger partial charge on any atom is 0.114 e. The third-order valence-corrected chi connectivity index (χ3v) is 2.74. The van der Waals surface area contributed by atoms with Gasteiger partial charge in [0, 0.05) is 15.9 Å². The molecule has 0 unspecified atom stereocenters. The number of aromatic nitrogens is 1. The smallest absolute Gasteiger partial charge is 0.114 e. The predicted octanol–water partition coefficient (Wildman–Crippen LogP) is 3.22. The molecule has 4 heteroatoms. The first-order chi connectivity index (χ1) is 6.13. The third-order valence-electron chi connectivity index (χ3n) is 1.29. The van der Waals surface area contributed by atoms with Crippen LogP contribution in [0.15, 0.2) is 21.8 Å². The molecule has 0 amide bonds. The number of pyridine rings is 1. The van der Waals surface area contributed by atoms with Crippen LogP contribution in [0.4, 0.5) is 0 Å². The highest BCUT2D eigenvalue weighted by atomic mass is 79.9. The number of nitriles is 1. The molecule has 1 aromatic rings. The molecule has 0 atom stereocenters. The van der Waals surface area contributed by atoms with Gasteiger partial charge in [-0.1, -0.05) is 13.8 Å². The highest BCUT2D eigenvalue weighted by molar-refractivity contribution is 9.10. The Morgan fingerprint density at radius 1 is 1.62 bits per heavy atom. The van der Waals surface area contributed by atoms with Gasteiger partial charge in [0.2, 0.25) is 0 Å². The van der Waals surface area contributed by atoms with Crippen molar-refractivity contribution < 1.29 is 0 Å². The Labute approximate surface area is 90.5 Å². The van der Waals surface area contributed by atoms with Crippen LogP contribution in [0.3, 0.4) is 0 Å². The molecule has 2 nitrogen and oxygen atoms in total. The monoisotopic (exact) mass is 256 g/mol. The van der Waals surface area contributed by atoms with Crippen molar-refractivity contribution in [2.75, 3.05) is 0 Å². The molecule has 0 aliphatic heterocycles. The van der Waals surface area contributed by atoms with Crippen molar-refractivity contribution in [3.63, 3.8) is 0 Å². The molecule has 0 spiro atoms. The molecule has 0 bridgehead atoms. The van der Waals surface area contributed by atoms with Crippen molar-refractivity contribution in [1.82, 2.24) is 4.98 Å². The van der Waals surface area contributed by atoms with Crippen LogP contribution in [0.1, 0.15) is 19.4 Å². The molecule has 1 rings (SSSR count). The van der Waals surface area contributed by atoms with Gasteiger partial charge >= 0.3 is 0 Å². The van der Waals surface area contributed by atoms with Gasteiger partial charge in [0.15, 0.2) is 0 Å². The summed E-state index contributed by atoms with van der Waals surface area (Å²) in [6, 6.07) is 3.92. The largest absolute Gasteiger partial charge is 0.247 e. The summed E-state index contributed by atoms with van der Waals surface area (Å²) < 4.78 is 0.845. The van der Waals surface area contributed by atoms with Crippen LogP contribution in [0.5, 0.6) is 0 Å². The van der Waals surface area contributed by atoms with Gasteiger partial charge in [-0.05, 0) is 22.0 Å². The second-order valence-electron chi connectivity index (χ2n) is 2.78. The summed E-state index contributed by atoms with van der Waals surface area (Å²) in [6.45, 7) is 4.16. The number of nitrogens with zero attached hydrogens (tertiary/aromatic N) is 2. The van der Waals surface area contributed by atoms with E-state index < -0.39 is 0 Å². The lowest BCUT2D eigenvalue weighted by Crippen LogP contribution is -1.92. The summed E-state index contributed by atoms with van der Waals surface area (Å²) in [4.78, 5) is 4.18. The SMILES string of the molecule is CC(C)Sc1ncc(Br)cc1C#N. The molecule has 0 saturated heterocycles. The van der Waals surface area contributed by atoms with Crippen LogP contribution >= 0.6 is 27.7 Å². The summed E-state index contributed by atoms with van der Waals surface area (Å²) in [5.41, 5.74) is 0.632. The molecule has 68 valence electrons. The molecule has 1 heterocycles. The van der Waals surface area contributed by atoms with Crippen molar-refractivity contribution in [2.45, 2.75) is 24.1 Å². The van der Waals surface area contributed by atoms with Gasteiger partial charge < -0.3 is 0 Å². The van der Waals surface area contributed by atoms with Gasteiger partial charge in [-0.25, -0.2) is 4.98 Å². The number of halogens is 1. The van der Waals surface area contributed by atoms with E-state index in [2.05, 4.69) is 40.8 Å². The molecule has 1 aromatic heterocycles. The van der Waals surface area contributed by atoms with Gasteiger partial charge in [-0.2, -0.15) is 5.26 Å². The fourth-order valence-corrected chi connectivity index (χ4v) is 1.95. The van der Waals surface area contributed by atoms with Gasteiger partial charge in [-0.3, -0.25) is 0 Å². The second-order valence-corrected chi connectivity index (χ2v) is 5.27. The maximum absolute atomic E-state index is 8.83. The van der Waals surface area contributed by atoms with E-state index in [9.17, 15) is 0 Å². The normalized spacial score (nSPS) is 10.1. The quantitative estimate of drug-likeness (QED) is 0.763. The Kier molecular flexibility index (Phi) is 3.76. The molecule has 0 N–H and O–H groups in total. The van der Waals surface area contributed by atoms with E-state index in [0.29, 0.717) is 10.8 Å². The van der Waals surface area contributed by atoms with Crippen molar-refractivity contribution in [3.8, 4) is 6.07 Å². The van der Waals surface area contributed by atoms with Crippen molar-refractivity contribution in [1.29, 1.82) is 5.26 Å². The van der Waals surface area contributed by atoms with Crippen LogP contribution in [0.25, 0.3) is 0 Å². The van der Waals surface area contributed by atoms with E-state index in [1.807, 2.05) is 0 Å². The molecule has 0 radical (unpaired) electrons. The van der Waals surface area contributed by atoms with E-state index in [-0.39, 0.29) is 0 Å². The van der Waals surface area contributed by atoms with Gasteiger partial charge in [0.05, 0.1) is 5.56 Å². The summed E-state index contributed by atoms with van der Waals surface area (Å²) in [5.74, 6) is 0. The molecule has 0 saturated carbocycles. The zero-order valence-corrected chi connectivity index (χ0v) is 9.82. The number of hydrogen-bond donors (Lipinski definition) is 0. The van der Waals surface area contributed by atoms with E-state index in [0.717, 1.165) is 9.50 Å².